The first-order valence-corrected chi connectivity index (χ1v) is 5.92. The predicted molar refractivity (Wildman–Crippen MR) is 68.3 cm³/mol. The van der Waals surface area contributed by atoms with Gasteiger partial charge in [0.1, 0.15) is 0 Å². The molecule has 90 valence electrons. The molecule has 0 radical (unpaired) electrons. The number of halogens is 2. The van der Waals surface area contributed by atoms with Crippen molar-refractivity contribution < 1.29 is 0 Å². The molecule has 0 saturated carbocycles. The molecule has 0 aromatic rings. The maximum atomic E-state index is 3.72. The molecule has 15 heavy (non-hydrogen) atoms. The summed E-state index contributed by atoms with van der Waals surface area (Å²) in [5, 5.41) is 3.72. The second-order valence-electron chi connectivity index (χ2n) is 5.01. The van der Waals surface area contributed by atoms with E-state index in [1.54, 1.807) is 0 Å². The van der Waals surface area contributed by atoms with Gasteiger partial charge in [0.15, 0.2) is 0 Å². The fraction of sp³-hybridized carbons (Fsp3) is 1.00. The molecule has 0 aromatic carbocycles. The topological polar surface area (TPSA) is 15.3 Å². The Hall–Kier alpha value is 0.500. The van der Waals surface area contributed by atoms with E-state index in [4.69, 9.17) is 0 Å². The van der Waals surface area contributed by atoms with Crippen LogP contribution in [0.4, 0.5) is 0 Å². The Morgan fingerprint density at radius 3 is 1.93 bits per heavy atom. The van der Waals surface area contributed by atoms with Gasteiger partial charge in [-0.1, -0.05) is 0 Å². The van der Waals surface area contributed by atoms with Gasteiger partial charge in [-0.3, -0.25) is 0 Å². The Morgan fingerprint density at radius 1 is 0.867 bits per heavy atom. The molecule has 1 N–H and O–H groups in total. The van der Waals surface area contributed by atoms with Crippen LogP contribution in [-0.2, 0) is 0 Å². The van der Waals surface area contributed by atoms with Gasteiger partial charge in [0, 0.05) is 18.1 Å². The average molecular weight is 253 g/mol. The van der Waals surface area contributed by atoms with E-state index in [1.165, 1.54) is 51.6 Å². The Labute approximate surface area is 105 Å². The summed E-state index contributed by atoms with van der Waals surface area (Å²) in [5.74, 6) is 0. The van der Waals surface area contributed by atoms with Crippen molar-refractivity contribution in [3.8, 4) is 0 Å². The molecule has 3 heterocycles. The largest absolute Gasteiger partial charge is 0.311 e. The molecule has 3 rings (SSSR count). The zero-order valence-electron chi connectivity index (χ0n) is 9.15. The molecule has 2 unspecified atom stereocenters. The van der Waals surface area contributed by atoms with Crippen LogP contribution < -0.4 is 5.32 Å². The lowest BCUT2D eigenvalue weighted by atomic mass is 9.99. The number of nitrogens with one attached hydrogen (secondary N) is 1. The molecular weight excluding hydrogens is 231 g/mol. The van der Waals surface area contributed by atoms with Crippen LogP contribution in [0.15, 0.2) is 0 Å². The fourth-order valence-corrected chi connectivity index (χ4v) is 3.43. The average Bonchev–Trinajstić information content (AvgIpc) is 2.75. The number of hydrogen-bond acceptors (Lipinski definition) is 2. The highest BCUT2D eigenvalue weighted by atomic mass is 35.5. The summed E-state index contributed by atoms with van der Waals surface area (Å²) in [6.45, 7) is 2.76. The number of rotatable bonds is 1. The van der Waals surface area contributed by atoms with Crippen molar-refractivity contribution in [3.05, 3.63) is 0 Å². The van der Waals surface area contributed by atoms with Gasteiger partial charge in [0.05, 0.1) is 0 Å². The second kappa shape index (κ2) is 5.72. The first kappa shape index (κ1) is 13.6. The van der Waals surface area contributed by atoms with E-state index >= 15 is 0 Å². The van der Waals surface area contributed by atoms with Crippen molar-refractivity contribution in [3.63, 3.8) is 0 Å². The Balaban J connectivity index is 0.000000562. The van der Waals surface area contributed by atoms with E-state index in [2.05, 4.69) is 10.2 Å². The molecule has 2 bridgehead atoms. The molecule has 0 spiro atoms. The summed E-state index contributed by atoms with van der Waals surface area (Å²) in [7, 11) is 0. The lowest BCUT2D eigenvalue weighted by molar-refractivity contribution is 0.172. The molecule has 4 heteroatoms. The first-order valence-electron chi connectivity index (χ1n) is 5.92. The summed E-state index contributed by atoms with van der Waals surface area (Å²) < 4.78 is 0. The van der Waals surface area contributed by atoms with Gasteiger partial charge in [-0.15, -0.1) is 24.8 Å². The van der Waals surface area contributed by atoms with Crippen LogP contribution in [-0.4, -0.2) is 36.1 Å². The Kier molecular flexibility index (Phi) is 5.17. The van der Waals surface area contributed by atoms with E-state index in [0.717, 1.165) is 18.1 Å². The van der Waals surface area contributed by atoms with Gasteiger partial charge < -0.3 is 10.2 Å². The molecule has 3 aliphatic heterocycles. The summed E-state index contributed by atoms with van der Waals surface area (Å²) in [5.41, 5.74) is 0. The van der Waals surface area contributed by atoms with Gasteiger partial charge in [0.25, 0.3) is 0 Å². The van der Waals surface area contributed by atoms with E-state index < -0.39 is 0 Å². The van der Waals surface area contributed by atoms with Gasteiger partial charge in [0.2, 0.25) is 0 Å². The Bertz CT molecular complexity index is 183. The molecule has 3 saturated heterocycles. The SMILES string of the molecule is C1CCN(C2CC3CCC(C2)N3)C1.Cl.Cl. The summed E-state index contributed by atoms with van der Waals surface area (Å²) in [6.07, 6.45) is 8.62. The maximum absolute atomic E-state index is 3.72. The summed E-state index contributed by atoms with van der Waals surface area (Å²) in [6, 6.07) is 2.66. The minimum atomic E-state index is 0. The van der Waals surface area contributed by atoms with Crippen LogP contribution >= 0.6 is 24.8 Å². The second-order valence-corrected chi connectivity index (χ2v) is 5.01. The van der Waals surface area contributed by atoms with Crippen LogP contribution in [0.2, 0.25) is 0 Å². The third-order valence-corrected chi connectivity index (χ3v) is 4.11. The monoisotopic (exact) mass is 252 g/mol. The van der Waals surface area contributed by atoms with Gasteiger partial charge in [-0.25, -0.2) is 0 Å². The summed E-state index contributed by atoms with van der Waals surface area (Å²) in [4.78, 5) is 2.74. The zero-order valence-corrected chi connectivity index (χ0v) is 10.8. The Morgan fingerprint density at radius 2 is 1.40 bits per heavy atom. The van der Waals surface area contributed by atoms with Crippen molar-refractivity contribution in [2.24, 2.45) is 0 Å². The van der Waals surface area contributed by atoms with Crippen LogP contribution in [0.1, 0.15) is 38.5 Å². The van der Waals surface area contributed by atoms with E-state index in [0.29, 0.717) is 0 Å². The third kappa shape index (κ3) is 2.79. The minimum Gasteiger partial charge on any atom is -0.311 e. The highest BCUT2D eigenvalue weighted by Crippen LogP contribution is 2.31. The third-order valence-electron chi connectivity index (χ3n) is 4.11. The molecule has 2 nitrogen and oxygen atoms in total. The van der Waals surface area contributed by atoms with Crippen molar-refractivity contribution in [1.82, 2.24) is 10.2 Å². The normalized spacial score (nSPS) is 39.6. The quantitative estimate of drug-likeness (QED) is 0.770. The minimum absolute atomic E-state index is 0. The molecule has 0 aliphatic carbocycles. The van der Waals surface area contributed by atoms with E-state index in [9.17, 15) is 0 Å². The van der Waals surface area contributed by atoms with E-state index in [1.807, 2.05) is 0 Å². The van der Waals surface area contributed by atoms with Crippen molar-refractivity contribution in [2.45, 2.75) is 56.7 Å². The number of hydrogen-bond donors (Lipinski definition) is 1. The van der Waals surface area contributed by atoms with Crippen LogP contribution in [0, 0.1) is 0 Å². The summed E-state index contributed by atoms with van der Waals surface area (Å²) >= 11 is 0. The molecular formula is C11H22Cl2N2. The van der Waals surface area contributed by atoms with Gasteiger partial charge in [-0.05, 0) is 51.6 Å². The molecule has 3 aliphatic rings. The van der Waals surface area contributed by atoms with Crippen molar-refractivity contribution >= 4 is 24.8 Å². The van der Waals surface area contributed by atoms with Crippen LogP contribution in [0.3, 0.4) is 0 Å². The molecule has 0 aromatic heterocycles. The molecule has 0 amide bonds. The van der Waals surface area contributed by atoms with Gasteiger partial charge in [-0.2, -0.15) is 0 Å². The highest BCUT2D eigenvalue weighted by Gasteiger charge is 2.36. The zero-order chi connectivity index (χ0) is 8.67. The van der Waals surface area contributed by atoms with Crippen LogP contribution in [0.25, 0.3) is 0 Å². The highest BCUT2D eigenvalue weighted by molar-refractivity contribution is 5.85. The molecule has 3 fully saturated rings. The van der Waals surface area contributed by atoms with Crippen LogP contribution in [0.5, 0.6) is 0 Å². The fourth-order valence-electron chi connectivity index (χ4n) is 3.43. The van der Waals surface area contributed by atoms with Gasteiger partial charge >= 0.3 is 0 Å². The number of nitrogens with zero attached hydrogens (tertiary/aromatic N) is 1. The maximum Gasteiger partial charge on any atom is 0.0125 e. The van der Waals surface area contributed by atoms with E-state index in [-0.39, 0.29) is 24.8 Å². The lowest BCUT2D eigenvalue weighted by Gasteiger charge is -2.35. The first-order chi connectivity index (χ1) is 6.42. The standard InChI is InChI=1S/C11H20N2.2ClH/c1-2-6-13(5-1)11-7-9-3-4-10(8-11)12-9;;/h9-12H,1-8H2;2*1H. The number of fused-ring (bicyclic) bond motifs is 2. The van der Waals surface area contributed by atoms with Crippen molar-refractivity contribution in [2.75, 3.05) is 13.1 Å². The molecule has 2 atom stereocenters. The number of piperidine rings is 1. The number of likely N-dealkylation sites (tertiary alicyclic amines) is 1. The predicted octanol–water partition coefficient (Wildman–Crippen LogP) is 2.21. The lowest BCUT2D eigenvalue weighted by Crippen LogP contribution is -2.47. The van der Waals surface area contributed by atoms with Crippen molar-refractivity contribution in [1.29, 1.82) is 0 Å². The smallest absolute Gasteiger partial charge is 0.0125 e.